The van der Waals surface area contributed by atoms with Crippen molar-refractivity contribution in [2.75, 3.05) is 0 Å². The van der Waals surface area contributed by atoms with Crippen LogP contribution in [-0.2, 0) is 19.2 Å². The van der Waals surface area contributed by atoms with E-state index in [0.29, 0.717) is 5.75 Å². The second-order valence-corrected chi connectivity index (χ2v) is 10.7. The number of aryl methyl sites for hydroxylation is 1. The first kappa shape index (κ1) is 23.1. The first-order chi connectivity index (χ1) is 14.3. The standard InChI is InChI=1S/C22H28N2O6S/c1-11(2)15(30-14-9-7-8-12(3)10-14)17(26)23-22(13(4)25)19(29)24-16(18(27)28)21(5,6)31-20(22)24/h7-11,15-16,20H,1-6H3,(H,23,26)(H,27,28)/t15?,16-,20+,22-/m0/s1. The summed E-state index contributed by atoms with van der Waals surface area (Å²) >= 11 is 1.21. The Labute approximate surface area is 185 Å². The maximum absolute atomic E-state index is 13.2. The number of nitrogens with zero attached hydrogens (tertiary/aromatic N) is 1. The molecule has 1 aromatic carbocycles. The van der Waals surface area contributed by atoms with Crippen molar-refractivity contribution in [2.24, 2.45) is 5.92 Å². The average molecular weight is 449 g/mol. The molecule has 2 saturated heterocycles. The molecule has 2 fully saturated rings. The molecule has 2 N–H and O–H groups in total. The molecule has 1 unspecified atom stereocenters. The summed E-state index contributed by atoms with van der Waals surface area (Å²) in [6.45, 7) is 10.2. The van der Waals surface area contributed by atoms with Crippen LogP contribution in [0.1, 0.15) is 40.2 Å². The van der Waals surface area contributed by atoms with Gasteiger partial charge in [-0.05, 0) is 51.3 Å². The van der Waals surface area contributed by atoms with Crippen LogP contribution in [0.25, 0.3) is 0 Å². The molecule has 0 aromatic heterocycles. The summed E-state index contributed by atoms with van der Waals surface area (Å²) < 4.78 is 5.09. The number of amides is 2. The van der Waals surface area contributed by atoms with E-state index in [0.717, 1.165) is 5.56 Å². The van der Waals surface area contributed by atoms with E-state index in [1.54, 1.807) is 26.0 Å². The van der Waals surface area contributed by atoms with Gasteiger partial charge in [0.2, 0.25) is 5.54 Å². The predicted octanol–water partition coefficient (Wildman–Crippen LogP) is 1.99. The highest BCUT2D eigenvalue weighted by Gasteiger charge is 2.74. The summed E-state index contributed by atoms with van der Waals surface area (Å²) in [5.41, 5.74) is -0.832. The highest BCUT2D eigenvalue weighted by molar-refractivity contribution is 8.01. The minimum absolute atomic E-state index is 0.241. The summed E-state index contributed by atoms with van der Waals surface area (Å²) in [5.74, 6) is -2.68. The summed E-state index contributed by atoms with van der Waals surface area (Å²) in [6.07, 6.45) is -0.936. The van der Waals surface area contributed by atoms with Crippen LogP contribution in [0.3, 0.4) is 0 Å². The van der Waals surface area contributed by atoms with Crippen molar-refractivity contribution in [3.63, 3.8) is 0 Å². The summed E-state index contributed by atoms with van der Waals surface area (Å²) in [4.78, 5) is 52.0. The Hall–Kier alpha value is -2.55. The molecule has 0 spiro atoms. The highest BCUT2D eigenvalue weighted by Crippen LogP contribution is 2.55. The van der Waals surface area contributed by atoms with Gasteiger partial charge in [-0.25, -0.2) is 4.79 Å². The van der Waals surface area contributed by atoms with Crippen LogP contribution in [0.5, 0.6) is 5.75 Å². The molecule has 2 heterocycles. The summed E-state index contributed by atoms with van der Waals surface area (Å²) in [5, 5.41) is 11.5. The molecule has 0 bridgehead atoms. The zero-order chi connectivity index (χ0) is 23.3. The lowest BCUT2D eigenvalue weighted by Crippen LogP contribution is -2.82. The normalized spacial score (nSPS) is 27.3. The van der Waals surface area contributed by atoms with E-state index in [-0.39, 0.29) is 5.92 Å². The molecule has 0 radical (unpaired) electrons. The summed E-state index contributed by atoms with van der Waals surface area (Å²) in [7, 11) is 0. The predicted molar refractivity (Wildman–Crippen MR) is 116 cm³/mol. The Kier molecular flexibility index (Phi) is 5.86. The van der Waals surface area contributed by atoms with Gasteiger partial charge in [0.05, 0.1) is 0 Å². The van der Waals surface area contributed by atoms with Gasteiger partial charge in [0.25, 0.3) is 11.8 Å². The highest BCUT2D eigenvalue weighted by atomic mass is 32.2. The average Bonchev–Trinajstić information content (AvgIpc) is 2.92. The number of carbonyl (C=O) groups is 4. The van der Waals surface area contributed by atoms with Gasteiger partial charge >= 0.3 is 5.97 Å². The molecular weight excluding hydrogens is 420 g/mol. The van der Waals surface area contributed by atoms with Crippen LogP contribution < -0.4 is 10.1 Å². The van der Waals surface area contributed by atoms with Crippen molar-refractivity contribution < 1.29 is 29.0 Å². The van der Waals surface area contributed by atoms with E-state index in [1.165, 1.54) is 23.6 Å². The number of hydrogen-bond donors (Lipinski definition) is 2. The van der Waals surface area contributed by atoms with E-state index in [9.17, 15) is 24.3 Å². The van der Waals surface area contributed by atoms with Gasteiger partial charge in [-0.3, -0.25) is 14.4 Å². The molecular formula is C22H28N2O6S. The van der Waals surface area contributed by atoms with Gasteiger partial charge in [0, 0.05) is 4.75 Å². The Morgan fingerprint density at radius 3 is 2.42 bits per heavy atom. The lowest BCUT2D eigenvalue weighted by molar-refractivity contribution is -0.172. The fraction of sp³-hybridized carbons (Fsp3) is 0.545. The summed E-state index contributed by atoms with van der Waals surface area (Å²) in [6, 6.07) is 6.17. The fourth-order valence-electron chi connectivity index (χ4n) is 4.18. The number of carboxylic acids is 1. The van der Waals surface area contributed by atoms with E-state index in [4.69, 9.17) is 4.74 Å². The molecule has 2 aliphatic rings. The van der Waals surface area contributed by atoms with Crippen LogP contribution in [0.4, 0.5) is 0 Å². The topological polar surface area (TPSA) is 113 Å². The van der Waals surface area contributed by atoms with Gasteiger partial charge < -0.3 is 20.1 Å². The van der Waals surface area contributed by atoms with Gasteiger partial charge in [-0.15, -0.1) is 11.8 Å². The number of carbonyl (C=O) groups excluding carboxylic acids is 3. The number of Topliss-reactive ketones (excluding diaryl/α,β-unsaturated/α-hetero) is 1. The zero-order valence-corrected chi connectivity index (χ0v) is 19.3. The van der Waals surface area contributed by atoms with Crippen molar-refractivity contribution in [1.82, 2.24) is 10.2 Å². The monoisotopic (exact) mass is 448 g/mol. The molecule has 31 heavy (non-hydrogen) atoms. The van der Waals surface area contributed by atoms with Gasteiger partial charge in [0.1, 0.15) is 17.2 Å². The van der Waals surface area contributed by atoms with Gasteiger partial charge in [-0.1, -0.05) is 26.0 Å². The first-order valence-corrected chi connectivity index (χ1v) is 11.0. The molecule has 8 nitrogen and oxygen atoms in total. The molecule has 2 amide bonds. The zero-order valence-electron chi connectivity index (χ0n) is 18.5. The number of carboxylic acid groups (broad SMARTS) is 1. The molecule has 1 aromatic rings. The van der Waals surface area contributed by atoms with Crippen LogP contribution >= 0.6 is 11.8 Å². The number of thioether (sulfide) groups is 1. The second-order valence-electron chi connectivity index (χ2n) is 8.98. The van der Waals surface area contributed by atoms with Crippen LogP contribution in [0.15, 0.2) is 24.3 Å². The van der Waals surface area contributed by atoms with Crippen molar-refractivity contribution in [2.45, 2.75) is 69.3 Å². The quantitative estimate of drug-likeness (QED) is 0.484. The fourth-order valence-corrected chi connectivity index (χ4v) is 5.93. The van der Waals surface area contributed by atoms with Crippen molar-refractivity contribution >= 4 is 35.3 Å². The smallest absolute Gasteiger partial charge is 0.327 e. The molecule has 0 aliphatic carbocycles. The number of hydrogen-bond acceptors (Lipinski definition) is 6. The molecule has 2 aliphatic heterocycles. The number of aliphatic carboxylic acids is 1. The van der Waals surface area contributed by atoms with Gasteiger partial charge in [-0.2, -0.15) is 0 Å². The third kappa shape index (κ3) is 3.69. The van der Waals surface area contributed by atoms with Gasteiger partial charge in [0.15, 0.2) is 11.9 Å². The van der Waals surface area contributed by atoms with E-state index < -0.39 is 51.4 Å². The SMILES string of the molecule is CC(=O)[C@]1(NC(=O)C(Oc2cccc(C)c2)C(C)C)C(=O)N2[C@@H](C(=O)O)C(C)(C)S[C@@H]21. The van der Waals surface area contributed by atoms with E-state index in [2.05, 4.69) is 5.32 Å². The number of fused-ring (bicyclic) bond motifs is 1. The number of benzene rings is 1. The van der Waals surface area contributed by atoms with E-state index in [1.807, 2.05) is 32.9 Å². The number of rotatable bonds is 7. The van der Waals surface area contributed by atoms with Crippen LogP contribution in [0, 0.1) is 12.8 Å². The molecule has 0 saturated carbocycles. The van der Waals surface area contributed by atoms with Crippen LogP contribution in [-0.4, -0.2) is 61.4 Å². The van der Waals surface area contributed by atoms with Crippen molar-refractivity contribution in [3.05, 3.63) is 29.8 Å². The lowest BCUT2D eigenvalue weighted by Gasteiger charge is -2.51. The number of nitrogens with one attached hydrogen (secondary N) is 1. The molecule has 9 heteroatoms. The third-order valence-electron chi connectivity index (χ3n) is 5.77. The lowest BCUT2D eigenvalue weighted by atomic mass is 9.81. The minimum Gasteiger partial charge on any atom is -0.480 e. The van der Waals surface area contributed by atoms with Crippen LogP contribution in [0.2, 0.25) is 0 Å². The molecule has 3 rings (SSSR count). The minimum atomic E-state index is -1.80. The molecule has 4 atom stereocenters. The second kappa shape index (κ2) is 7.85. The maximum atomic E-state index is 13.2. The largest absolute Gasteiger partial charge is 0.480 e. The Morgan fingerprint density at radius 2 is 1.90 bits per heavy atom. The van der Waals surface area contributed by atoms with E-state index >= 15 is 0 Å². The Morgan fingerprint density at radius 1 is 1.26 bits per heavy atom. The maximum Gasteiger partial charge on any atom is 0.327 e. The Balaban J connectivity index is 1.89. The first-order valence-electron chi connectivity index (χ1n) is 10.1. The number of ether oxygens (including phenoxy) is 1. The van der Waals surface area contributed by atoms with Crippen molar-refractivity contribution in [3.8, 4) is 5.75 Å². The van der Waals surface area contributed by atoms with Crippen molar-refractivity contribution in [1.29, 1.82) is 0 Å². The molecule has 168 valence electrons. The number of ketones is 1. The number of β-lactam (4-membered cyclic amide) rings is 1. The third-order valence-corrected chi connectivity index (χ3v) is 7.41. The Bertz CT molecular complexity index is 946.